The highest BCUT2D eigenvalue weighted by Crippen LogP contribution is 2.34. The molecule has 0 unspecified atom stereocenters. The molecule has 0 aliphatic carbocycles. The van der Waals surface area contributed by atoms with Crippen molar-refractivity contribution in [3.63, 3.8) is 0 Å². The zero-order valence-corrected chi connectivity index (χ0v) is 16.3. The van der Waals surface area contributed by atoms with Crippen LogP contribution in [-0.2, 0) is 6.42 Å². The van der Waals surface area contributed by atoms with Crippen LogP contribution in [-0.4, -0.2) is 69.9 Å². The first-order valence-corrected chi connectivity index (χ1v) is 9.63. The standard InChI is InChI=1S/C22H29NO5/c1-3-28-17-9-7-14(8-10-17)11-15-5-4-6-16(12-15)19-21(26)22(27)20(25)18(13-24)23(19)2/h4-10,12,18-22,24-27H,3,11,13H2,1-2H3/t18-,19+,20-,21+,22+/m1/s1. The van der Waals surface area contributed by atoms with E-state index in [4.69, 9.17) is 4.74 Å². The predicted molar refractivity (Wildman–Crippen MR) is 106 cm³/mol. The lowest BCUT2D eigenvalue weighted by atomic mass is 9.84. The normalized spacial score (nSPS) is 28.3. The number of aliphatic hydroxyl groups is 4. The lowest BCUT2D eigenvalue weighted by molar-refractivity contribution is -0.166. The Morgan fingerprint density at radius 2 is 1.64 bits per heavy atom. The molecule has 1 fully saturated rings. The van der Waals surface area contributed by atoms with Gasteiger partial charge in [0.1, 0.15) is 24.1 Å². The second kappa shape index (κ2) is 9.03. The first-order chi connectivity index (χ1) is 13.5. The van der Waals surface area contributed by atoms with E-state index in [0.717, 1.165) is 28.9 Å². The third-order valence-electron chi connectivity index (χ3n) is 5.50. The van der Waals surface area contributed by atoms with Gasteiger partial charge in [0, 0.05) is 0 Å². The molecule has 5 atom stereocenters. The van der Waals surface area contributed by atoms with Crippen molar-refractivity contribution in [1.29, 1.82) is 0 Å². The van der Waals surface area contributed by atoms with Crippen LogP contribution in [0.1, 0.15) is 29.7 Å². The van der Waals surface area contributed by atoms with Crippen LogP contribution in [0.5, 0.6) is 5.75 Å². The van der Waals surface area contributed by atoms with Crippen LogP contribution >= 0.6 is 0 Å². The van der Waals surface area contributed by atoms with Gasteiger partial charge in [-0.15, -0.1) is 0 Å². The maximum atomic E-state index is 10.6. The van der Waals surface area contributed by atoms with Gasteiger partial charge in [0.15, 0.2) is 0 Å². The molecular weight excluding hydrogens is 358 g/mol. The zero-order chi connectivity index (χ0) is 20.3. The molecule has 0 amide bonds. The number of likely N-dealkylation sites (tertiary alicyclic amines) is 1. The summed E-state index contributed by atoms with van der Waals surface area (Å²) in [6.45, 7) is 2.28. The predicted octanol–water partition coefficient (Wildman–Crippen LogP) is 1.11. The average Bonchev–Trinajstić information content (AvgIpc) is 2.69. The molecule has 1 aliphatic rings. The molecule has 0 bridgehead atoms. The van der Waals surface area contributed by atoms with Crippen molar-refractivity contribution < 1.29 is 25.2 Å². The smallest absolute Gasteiger partial charge is 0.119 e. The molecule has 0 saturated carbocycles. The van der Waals surface area contributed by atoms with Gasteiger partial charge >= 0.3 is 0 Å². The molecule has 6 nitrogen and oxygen atoms in total. The number of hydrogen-bond acceptors (Lipinski definition) is 6. The summed E-state index contributed by atoms with van der Waals surface area (Å²) >= 11 is 0. The fourth-order valence-corrected chi connectivity index (χ4v) is 3.97. The summed E-state index contributed by atoms with van der Waals surface area (Å²) in [5.74, 6) is 0.842. The lowest BCUT2D eigenvalue weighted by Gasteiger charge is -2.47. The Morgan fingerprint density at radius 3 is 2.29 bits per heavy atom. The Balaban J connectivity index is 1.81. The highest BCUT2D eigenvalue weighted by molar-refractivity contribution is 5.34. The topological polar surface area (TPSA) is 93.4 Å². The quantitative estimate of drug-likeness (QED) is 0.593. The van der Waals surface area contributed by atoms with Crippen LogP contribution in [0.2, 0.25) is 0 Å². The van der Waals surface area contributed by atoms with Gasteiger partial charge < -0.3 is 25.2 Å². The summed E-state index contributed by atoms with van der Waals surface area (Å²) < 4.78 is 5.47. The van der Waals surface area contributed by atoms with Crippen LogP contribution in [0.25, 0.3) is 0 Å². The number of benzene rings is 2. The number of hydrogen-bond donors (Lipinski definition) is 4. The highest BCUT2D eigenvalue weighted by Gasteiger charge is 2.46. The van der Waals surface area contributed by atoms with Crippen LogP contribution in [0.4, 0.5) is 0 Å². The maximum absolute atomic E-state index is 10.6. The van der Waals surface area contributed by atoms with Crippen LogP contribution in [0.15, 0.2) is 48.5 Å². The largest absolute Gasteiger partial charge is 0.494 e. The van der Waals surface area contributed by atoms with Crippen molar-refractivity contribution >= 4 is 0 Å². The Hall–Kier alpha value is -1.96. The van der Waals surface area contributed by atoms with E-state index < -0.39 is 30.4 Å². The number of nitrogens with zero attached hydrogens (tertiary/aromatic N) is 1. The molecule has 0 aromatic heterocycles. The molecule has 6 heteroatoms. The molecule has 28 heavy (non-hydrogen) atoms. The van der Waals surface area contributed by atoms with E-state index in [1.807, 2.05) is 55.5 Å². The van der Waals surface area contributed by atoms with Gasteiger partial charge in [-0.05, 0) is 49.2 Å². The van der Waals surface area contributed by atoms with E-state index in [1.54, 1.807) is 11.9 Å². The minimum absolute atomic E-state index is 0.302. The van der Waals surface area contributed by atoms with E-state index in [0.29, 0.717) is 6.61 Å². The number of ether oxygens (including phenoxy) is 1. The average molecular weight is 387 g/mol. The summed E-state index contributed by atoms with van der Waals surface area (Å²) in [5.41, 5.74) is 3.05. The number of piperidine rings is 1. The monoisotopic (exact) mass is 387 g/mol. The highest BCUT2D eigenvalue weighted by atomic mass is 16.5. The van der Waals surface area contributed by atoms with Crippen LogP contribution in [0.3, 0.4) is 0 Å². The third-order valence-corrected chi connectivity index (χ3v) is 5.50. The minimum atomic E-state index is -1.31. The minimum Gasteiger partial charge on any atom is -0.494 e. The zero-order valence-electron chi connectivity index (χ0n) is 16.3. The first-order valence-electron chi connectivity index (χ1n) is 9.63. The number of likely N-dealkylation sites (N-methyl/N-ethyl adjacent to an activating group) is 1. The second-order valence-electron chi connectivity index (χ2n) is 7.33. The number of aliphatic hydroxyl groups excluding tert-OH is 4. The van der Waals surface area contributed by atoms with Gasteiger partial charge in [-0.1, -0.05) is 36.4 Å². The Labute approximate surface area is 165 Å². The summed E-state index contributed by atoms with van der Waals surface area (Å²) in [6.07, 6.45) is -2.94. The second-order valence-corrected chi connectivity index (χ2v) is 7.33. The van der Waals surface area contributed by atoms with Crippen molar-refractivity contribution in [3.05, 3.63) is 65.2 Å². The molecule has 2 aromatic rings. The van der Waals surface area contributed by atoms with Gasteiger partial charge in [-0.3, -0.25) is 4.90 Å². The van der Waals surface area contributed by atoms with Crippen molar-refractivity contribution in [2.24, 2.45) is 0 Å². The molecule has 152 valence electrons. The van der Waals surface area contributed by atoms with Crippen LogP contribution < -0.4 is 4.74 Å². The van der Waals surface area contributed by atoms with Gasteiger partial charge in [-0.2, -0.15) is 0 Å². The Kier molecular flexibility index (Phi) is 6.69. The van der Waals surface area contributed by atoms with Gasteiger partial charge in [0.2, 0.25) is 0 Å². The van der Waals surface area contributed by atoms with E-state index in [1.165, 1.54) is 0 Å². The summed E-state index contributed by atoms with van der Waals surface area (Å²) in [4.78, 5) is 1.73. The molecule has 1 heterocycles. The van der Waals surface area contributed by atoms with E-state index in [-0.39, 0.29) is 6.61 Å². The SMILES string of the molecule is CCOc1ccc(Cc2cccc([C@H]3[C@H](O)[C@@H](O)[C@H](O)[C@@H](CO)N3C)c2)cc1. The van der Waals surface area contributed by atoms with E-state index in [2.05, 4.69) is 0 Å². The van der Waals surface area contributed by atoms with Crippen molar-refractivity contribution in [1.82, 2.24) is 4.90 Å². The maximum Gasteiger partial charge on any atom is 0.119 e. The summed E-state index contributed by atoms with van der Waals surface area (Å²) in [6, 6.07) is 14.6. The number of rotatable bonds is 6. The molecule has 1 saturated heterocycles. The summed E-state index contributed by atoms with van der Waals surface area (Å²) in [7, 11) is 1.74. The van der Waals surface area contributed by atoms with Gasteiger partial charge in [-0.25, -0.2) is 0 Å². The third kappa shape index (κ3) is 4.21. The Morgan fingerprint density at radius 1 is 0.929 bits per heavy atom. The van der Waals surface area contributed by atoms with Gasteiger partial charge in [0.25, 0.3) is 0 Å². The first kappa shape index (κ1) is 20.8. The molecular formula is C22H29NO5. The lowest BCUT2D eigenvalue weighted by Crippen LogP contribution is -2.62. The fraction of sp³-hybridized carbons (Fsp3) is 0.455. The van der Waals surface area contributed by atoms with Gasteiger partial charge in [0.05, 0.1) is 25.3 Å². The van der Waals surface area contributed by atoms with Crippen LogP contribution in [0, 0.1) is 0 Å². The van der Waals surface area contributed by atoms with Crippen molar-refractivity contribution in [2.75, 3.05) is 20.3 Å². The molecule has 3 rings (SSSR count). The molecule has 2 aromatic carbocycles. The van der Waals surface area contributed by atoms with Crippen molar-refractivity contribution in [3.8, 4) is 5.75 Å². The molecule has 0 radical (unpaired) electrons. The fourth-order valence-electron chi connectivity index (χ4n) is 3.97. The van der Waals surface area contributed by atoms with E-state index >= 15 is 0 Å². The molecule has 1 aliphatic heterocycles. The van der Waals surface area contributed by atoms with Crippen molar-refractivity contribution in [2.45, 2.75) is 43.7 Å². The molecule has 4 N–H and O–H groups in total. The van der Waals surface area contributed by atoms with E-state index in [9.17, 15) is 20.4 Å². The summed E-state index contributed by atoms with van der Waals surface area (Å²) in [5, 5.41) is 40.5. The Bertz CT molecular complexity index is 766. The molecule has 0 spiro atoms.